The number of rotatable bonds is 6. The highest BCUT2D eigenvalue weighted by molar-refractivity contribution is 7.13. The second-order valence-corrected chi connectivity index (χ2v) is 5.41. The van der Waals surface area contributed by atoms with Gasteiger partial charge >= 0.3 is 0 Å². The molecule has 2 aromatic rings. The van der Waals surface area contributed by atoms with E-state index in [9.17, 15) is 9.90 Å². The van der Waals surface area contributed by atoms with Crippen molar-refractivity contribution in [2.45, 2.75) is 25.9 Å². The van der Waals surface area contributed by atoms with Crippen LogP contribution >= 0.6 is 11.3 Å². The molecule has 0 fully saturated rings. The summed E-state index contributed by atoms with van der Waals surface area (Å²) in [4.78, 5) is 16.2. The lowest BCUT2D eigenvalue weighted by molar-refractivity contribution is 0.0906. The number of benzene rings is 1. The van der Waals surface area contributed by atoms with E-state index in [1.54, 1.807) is 5.38 Å². The molecule has 0 aliphatic carbocycles. The second kappa shape index (κ2) is 7.17. The monoisotopic (exact) mass is 290 g/mol. The molecule has 1 amide bonds. The van der Waals surface area contributed by atoms with Crippen LogP contribution in [-0.2, 0) is 0 Å². The maximum Gasteiger partial charge on any atom is 0.270 e. The minimum atomic E-state index is -0.490. The Hall–Kier alpha value is -1.72. The lowest BCUT2D eigenvalue weighted by Crippen LogP contribution is -2.32. The zero-order valence-electron chi connectivity index (χ0n) is 11.4. The Labute approximate surface area is 122 Å². The van der Waals surface area contributed by atoms with Crippen LogP contribution in [0.4, 0.5) is 0 Å². The molecule has 1 aromatic heterocycles. The molecule has 0 aliphatic rings. The summed E-state index contributed by atoms with van der Waals surface area (Å²) in [7, 11) is 0. The van der Waals surface area contributed by atoms with Gasteiger partial charge in [0, 0.05) is 17.5 Å². The number of nitrogens with zero attached hydrogens (tertiary/aromatic N) is 1. The molecule has 0 saturated heterocycles. The topological polar surface area (TPSA) is 62.2 Å². The minimum absolute atomic E-state index is 0.237. The number of carbonyl (C=O) groups is 1. The van der Waals surface area contributed by atoms with Gasteiger partial charge in [-0.3, -0.25) is 4.79 Å². The normalized spacial score (nSPS) is 12.1. The largest absolute Gasteiger partial charge is 0.391 e. The van der Waals surface area contributed by atoms with Gasteiger partial charge in [-0.1, -0.05) is 43.7 Å². The molecule has 0 bridgehead atoms. The average molecular weight is 290 g/mol. The van der Waals surface area contributed by atoms with E-state index in [1.165, 1.54) is 11.3 Å². The Kier molecular flexibility index (Phi) is 5.26. The van der Waals surface area contributed by atoms with Crippen molar-refractivity contribution in [3.8, 4) is 10.6 Å². The van der Waals surface area contributed by atoms with Gasteiger partial charge in [-0.15, -0.1) is 11.3 Å². The first-order valence-corrected chi connectivity index (χ1v) is 7.56. The number of aromatic nitrogens is 1. The molecule has 0 aliphatic heterocycles. The molecule has 20 heavy (non-hydrogen) atoms. The first-order chi connectivity index (χ1) is 9.70. The summed E-state index contributed by atoms with van der Waals surface area (Å²) < 4.78 is 0. The summed E-state index contributed by atoms with van der Waals surface area (Å²) in [6.45, 7) is 2.27. The summed E-state index contributed by atoms with van der Waals surface area (Å²) in [5.74, 6) is -0.237. The van der Waals surface area contributed by atoms with Gasteiger partial charge in [0.1, 0.15) is 10.7 Å². The van der Waals surface area contributed by atoms with Crippen LogP contribution in [0.1, 0.15) is 30.3 Å². The fraction of sp³-hybridized carbons (Fsp3) is 0.333. The Morgan fingerprint density at radius 3 is 2.85 bits per heavy atom. The van der Waals surface area contributed by atoms with Crippen LogP contribution in [0, 0.1) is 0 Å². The number of aliphatic hydroxyl groups excluding tert-OH is 1. The van der Waals surface area contributed by atoms with Crippen LogP contribution in [0.5, 0.6) is 0 Å². The molecule has 2 rings (SSSR count). The van der Waals surface area contributed by atoms with Gasteiger partial charge < -0.3 is 10.4 Å². The predicted octanol–water partition coefficient (Wildman–Crippen LogP) is 2.70. The molecule has 5 heteroatoms. The molecule has 0 spiro atoms. The van der Waals surface area contributed by atoms with E-state index in [4.69, 9.17) is 0 Å². The number of hydrogen-bond donors (Lipinski definition) is 2. The molecule has 0 radical (unpaired) electrons. The lowest BCUT2D eigenvalue weighted by atomic mass is 10.2. The van der Waals surface area contributed by atoms with Gasteiger partial charge in [0.05, 0.1) is 6.10 Å². The maximum absolute atomic E-state index is 11.9. The number of hydrogen-bond acceptors (Lipinski definition) is 4. The zero-order chi connectivity index (χ0) is 14.4. The Balaban J connectivity index is 1.97. The minimum Gasteiger partial charge on any atom is -0.391 e. The lowest BCUT2D eigenvalue weighted by Gasteiger charge is -2.09. The third kappa shape index (κ3) is 3.88. The highest BCUT2D eigenvalue weighted by atomic mass is 32.1. The number of carbonyl (C=O) groups excluding carboxylic acids is 1. The third-order valence-corrected chi connectivity index (χ3v) is 3.77. The molecule has 0 saturated carbocycles. The van der Waals surface area contributed by atoms with Crippen molar-refractivity contribution in [3.05, 3.63) is 41.4 Å². The Morgan fingerprint density at radius 2 is 2.15 bits per heavy atom. The molecule has 1 atom stereocenters. The van der Waals surface area contributed by atoms with E-state index in [2.05, 4.69) is 10.3 Å². The second-order valence-electron chi connectivity index (χ2n) is 4.56. The zero-order valence-corrected chi connectivity index (χ0v) is 12.2. The van der Waals surface area contributed by atoms with E-state index in [0.29, 0.717) is 12.1 Å². The van der Waals surface area contributed by atoms with Crippen molar-refractivity contribution in [3.63, 3.8) is 0 Å². The fourth-order valence-electron chi connectivity index (χ4n) is 1.83. The van der Waals surface area contributed by atoms with Crippen LogP contribution < -0.4 is 5.32 Å². The van der Waals surface area contributed by atoms with Crippen LogP contribution in [0.15, 0.2) is 35.7 Å². The van der Waals surface area contributed by atoms with Gasteiger partial charge in [-0.2, -0.15) is 0 Å². The number of thiazole rings is 1. The molecule has 1 unspecified atom stereocenters. The first-order valence-electron chi connectivity index (χ1n) is 6.68. The van der Waals surface area contributed by atoms with Crippen LogP contribution in [-0.4, -0.2) is 28.6 Å². The van der Waals surface area contributed by atoms with Crippen molar-refractivity contribution in [2.24, 2.45) is 0 Å². The van der Waals surface area contributed by atoms with E-state index >= 15 is 0 Å². The van der Waals surface area contributed by atoms with E-state index in [0.717, 1.165) is 17.0 Å². The van der Waals surface area contributed by atoms with E-state index in [-0.39, 0.29) is 12.5 Å². The summed E-state index contributed by atoms with van der Waals surface area (Å²) in [5, 5.41) is 14.9. The van der Waals surface area contributed by atoms with Crippen molar-refractivity contribution in [1.29, 1.82) is 0 Å². The van der Waals surface area contributed by atoms with E-state index in [1.807, 2.05) is 37.3 Å². The quantitative estimate of drug-likeness (QED) is 0.860. The molecule has 106 valence electrons. The fourth-order valence-corrected chi connectivity index (χ4v) is 2.63. The van der Waals surface area contributed by atoms with Gasteiger partial charge in [0.25, 0.3) is 5.91 Å². The molecule has 1 heterocycles. The highest BCUT2D eigenvalue weighted by Crippen LogP contribution is 2.23. The Bertz CT molecular complexity index is 554. The van der Waals surface area contributed by atoms with Gasteiger partial charge in [-0.25, -0.2) is 4.98 Å². The van der Waals surface area contributed by atoms with E-state index < -0.39 is 6.10 Å². The highest BCUT2D eigenvalue weighted by Gasteiger charge is 2.12. The Morgan fingerprint density at radius 1 is 1.40 bits per heavy atom. The SMILES string of the molecule is CCCC(O)CNC(=O)c1csc(-c2ccccc2)n1. The van der Waals surface area contributed by atoms with Crippen molar-refractivity contribution >= 4 is 17.2 Å². The number of amides is 1. The summed E-state index contributed by atoms with van der Waals surface area (Å²) in [6, 6.07) is 9.76. The molecule has 4 nitrogen and oxygen atoms in total. The van der Waals surface area contributed by atoms with Gasteiger partial charge in [0.15, 0.2) is 0 Å². The van der Waals surface area contributed by atoms with Gasteiger partial charge in [0.2, 0.25) is 0 Å². The molecule has 1 aromatic carbocycles. The number of aliphatic hydroxyl groups is 1. The van der Waals surface area contributed by atoms with Crippen molar-refractivity contribution in [1.82, 2.24) is 10.3 Å². The molecule has 2 N–H and O–H groups in total. The van der Waals surface area contributed by atoms with Crippen molar-refractivity contribution < 1.29 is 9.90 Å². The first kappa shape index (κ1) is 14.7. The molecular weight excluding hydrogens is 272 g/mol. The van der Waals surface area contributed by atoms with Crippen LogP contribution in [0.25, 0.3) is 10.6 Å². The average Bonchev–Trinajstić information content (AvgIpc) is 2.96. The number of nitrogens with one attached hydrogen (secondary N) is 1. The smallest absolute Gasteiger partial charge is 0.270 e. The maximum atomic E-state index is 11.9. The molecular formula is C15H18N2O2S. The predicted molar refractivity (Wildman–Crippen MR) is 80.8 cm³/mol. The van der Waals surface area contributed by atoms with Crippen molar-refractivity contribution in [2.75, 3.05) is 6.54 Å². The van der Waals surface area contributed by atoms with Gasteiger partial charge in [-0.05, 0) is 6.42 Å². The summed E-state index contributed by atoms with van der Waals surface area (Å²) in [5.41, 5.74) is 1.40. The third-order valence-electron chi connectivity index (χ3n) is 2.88. The summed E-state index contributed by atoms with van der Waals surface area (Å²) in [6.07, 6.45) is 1.09. The van der Waals surface area contributed by atoms with Crippen LogP contribution in [0.2, 0.25) is 0 Å². The summed E-state index contributed by atoms with van der Waals surface area (Å²) >= 11 is 1.44. The van der Waals surface area contributed by atoms with Crippen LogP contribution in [0.3, 0.4) is 0 Å². The standard InChI is InChI=1S/C15H18N2O2S/c1-2-6-12(18)9-16-14(19)13-10-20-15(17-13)11-7-4-3-5-8-11/h3-5,7-8,10,12,18H,2,6,9H2,1H3,(H,16,19).